The molecule has 9 nitrogen and oxygen atoms in total. The Morgan fingerprint density at radius 2 is 1.47 bits per heavy atom. The van der Waals surface area contributed by atoms with Crippen LogP contribution >= 0.6 is 0 Å². The summed E-state index contributed by atoms with van der Waals surface area (Å²) in [7, 11) is 0. The average molecular weight is 467 g/mol. The molecular weight excluding hydrogens is 436 g/mol. The first-order valence-electron chi connectivity index (χ1n) is 11.3. The summed E-state index contributed by atoms with van der Waals surface area (Å²) in [6.07, 6.45) is 1.98. The highest BCUT2D eigenvalue weighted by atomic mass is 16.4. The summed E-state index contributed by atoms with van der Waals surface area (Å²) >= 11 is 0. The lowest BCUT2D eigenvalue weighted by Crippen LogP contribution is -2.54. The number of carbonyl (C=O) groups is 4. The molecule has 2 aromatic rings. The standard InChI is InChI=1S/C25H30N4O5/c30-22(28-21(25(33)34)15-18-10-5-2-6-11-18)16-27-23(31)20(14-17-8-3-1-4-9-17)29-24(32)19-12-7-13-26-19/h1-6,8-11,19-21,26H,7,12-16H2,(H,27,31)(H,28,30)(H,29,32)(H,33,34). The third-order valence-electron chi connectivity index (χ3n) is 5.63. The zero-order chi connectivity index (χ0) is 24.3. The van der Waals surface area contributed by atoms with E-state index >= 15 is 0 Å². The summed E-state index contributed by atoms with van der Waals surface area (Å²) in [5.74, 6) is -2.56. The van der Waals surface area contributed by atoms with E-state index in [9.17, 15) is 24.3 Å². The molecule has 2 aromatic carbocycles. The molecule has 1 fully saturated rings. The van der Waals surface area contributed by atoms with Gasteiger partial charge in [-0.15, -0.1) is 0 Å². The lowest BCUT2D eigenvalue weighted by molar-refractivity contribution is -0.141. The normalized spacial score (nSPS) is 16.8. The molecular formula is C25H30N4O5. The minimum atomic E-state index is -1.16. The smallest absolute Gasteiger partial charge is 0.326 e. The van der Waals surface area contributed by atoms with Gasteiger partial charge in [-0.3, -0.25) is 14.4 Å². The van der Waals surface area contributed by atoms with Crippen LogP contribution in [-0.4, -0.2) is 60.0 Å². The Morgan fingerprint density at radius 3 is 2.00 bits per heavy atom. The molecule has 3 rings (SSSR count). The third kappa shape index (κ3) is 7.70. The molecule has 1 heterocycles. The number of hydrogen-bond donors (Lipinski definition) is 5. The lowest BCUT2D eigenvalue weighted by atomic mass is 10.0. The Balaban J connectivity index is 1.57. The monoisotopic (exact) mass is 466 g/mol. The van der Waals surface area contributed by atoms with Gasteiger partial charge < -0.3 is 26.4 Å². The first-order chi connectivity index (χ1) is 16.4. The fraction of sp³-hybridized carbons (Fsp3) is 0.360. The molecule has 3 amide bonds. The molecule has 9 heteroatoms. The van der Waals surface area contributed by atoms with E-state index in [4.69, 9.17) is 0 Å². The first kappa shape index (κ1) is 24.9. The van der Waals surface area contributed by atoms with Gasteiger partial charge in [0.2, 0.25) is 17.7 Å². The summed E-state index contributed by atoms with van der Waals surface area (Å²) in [6, 6.07) is 15.9. The van der Waals surface area contributed by atoms with Gasteiger partial charge in [-0.05, 0) is 30.5 Å². The number of amides is 3. The SMILES string of the molecule is O=C(CNC(=O)C(Cc1ccccc1)NC(=O)C1CCCN1)NC(Cc1ccccc1)C(=O)O. The number of carbonyl (C=O) groups excluding carboxylic acids is 3. The summed E-state index contributed by atoms with van der Waals surface area (Å²) in [5, 5.41) is 20.3. The zero-order valence-corrected chi connectivity index (χ0v) is 18.8. The molecule has 3 atom stereocenters. The van der Waals surface area contributed by atoms with E-state index in [0.29, 0.717) is 6.42 Å². The molecule has 5 N–H and O–H groups in total. The minimum absolute atomic E-state index is 0.122. The van der Waals surface area contributed by atoms with Gasteiger partial charge in [-0.2, -0.15) is 0 Å². The highest BCUT2D eigenvalue weighted by Crippen LogP contribution is 2.08. The van der Waals surface area contributed by atoms with Crippen LogP contribution < -0.4 is 21.3 Å². The van der Waals surface area contributed by atoms with Crippen LogP contribution in [0.5, 0.6) is 0 Å². The van der Waals surface area contributed by atoms with Gasteiger partial charge in [-0.25, -0.2) is 4.79 Å². The quantitative estimate of drug-likeness (QED) is 0.325. The van der Waals surface area contributed by atoms with E-state index < -0.39 is 36.4 Å². The van der Waals surface area contributed by atoms with Crippen molar-refractivity contribution in [1.82, 2.24) is 21.3 Å². The molecule has 0 aliphatic carbocycles. The second-order valence-electron chi connectivity index (χ2n) is 8.27. The van der Waals surface area contributed by atoms with Crippen LogP contribution in [0.4, 0.5) is 0 Å². The molecule has 3 unspecified atom stereocenters. The number of carboxylic acid groups (broad SMARTS) is 1. The third-order valence-corrected chi connectivity index (χ3v) is 5.63. The Hall–Kier alpha value is -3.72. The summed E-state index contributed by atoms with van der Waals surface area (Å²) in [6.45, 7) is 0.349. The van der Waals surface area contributed by atoms with Crippen molar-refractivity contribution in [3.05, 3.63) is 71.8 Å². The van der Waals surface area contributed by atoms with E-state index in [-0.39, 0.29) is 24.8 Å². The molecule has 1 aliphatic rings. The second kappa shape index (κ2) is 12.5. The molecule has 1 aliphatic heterocycles. The summed E-state index contributed by atoms with van der Waals surface area (Å²) in [5.41, 5.74) is 1.63. The van der Waals surface area contributed by atoms with Gasteiger partial charge in [0.1, 0.15) is 12.1 Å². The lowest BCUT2D eigenvalue weighted by Gasteiger charge is -2.21. The van der Waals surface area contributed by atoms with Gasteiger partial charge in [0.15, 0.2) is 0 Å². The van der Waals surface area contributed by atoms with E-state index in [1.165, 1.54) is 0 Å². The molecule has 0 radical (unpaired) electrons. The molecule has 0 saturated carbocycles. The van der Waals surface area contributed by atoms with Crippen molar-refractivity contribution >= 4 is 23.7 Å². The fourth-order valence-corrected chi connectivity index (χ4v) is 3.83. The molecule has 180 valence electrons. The van der Waals surface area contributed by atoms with E-state index in [2.05, 4.69) is 21.3 Å². The first-order valence-corrected chi connectivity index (χ1v) is 11.3. The Kier molecular flexibility index (Phi) is 9.16. The van der Waals surface area contributed by atoms with Crippen LogP contribution in [0.25, 0.3) is 0 Å². The number of rotatable bonds is 11. The number of carboxylic acids is 1. The van der Waals surface area contributed by atoms with Crippen molar-refractivity contribution in [3.8, 4) is 0 Å². The highest BCUT2D eigenvalue weighted by Gasteiger charge is 2.28. The summed E-state index contributed by atoms with van der Waals surface area (Å²) in [4.78, 5) is 49.4. The van der Waals surface area contributed by atoms with E-state index in [0.717, 1.165) is 24.1 Å². The number of aliphatic carboxylic acids is 1. The van der Waals surface area contributed by atoms with Crippen LogP contribution in [0.1, 0.15) is 24.0 Å². The molecule has 1 saturated heterocycles. The predicted molar refractivity (Wildman–Crippen MR) is 126 cm³/mol. The Bertz CT molecular complexity index is 977. The molecule has 0 aromatic heterocycles. The van der Waals surface area contributed by atoms with Crippen molar-refractivity contribution in [1.29, 1.82) is 0 Å². The maximum atomic E-state index is 12.9. The Morgan fingerprint density at radius 1 is 0.882 bits per heavy atom. The van der Waals surface area contributed by atoms with Crippen LogP contribution in [-0.2, 0) is 32.0 Å². The second-order valence-corrected chi connectivity index (χ2v) is 8.27. The van der Waals surface area contributed by atoms with Gasteiger partial charge in [0.05, 0.1) is 12.6 Å². The van der Waals surface area contributed by atoms with Crippen LogP contribution in [0.15, 0.2) is 60.7 Å². The predicted octanol–water partition coefficient (Wildman–Crippen LogP) is 0.394. The van der Waals surface area contributed by atoms with Gasteiger partial charge in [0, 0.05) is 12.8 Å². The van der Waals surface area contributed by atoms with Crippen LogP contribution in [0.3, 0.4) is 0 Å². The van der Waals surface area contributed by atoms with E-state index in [1.54, 1.807) is 24.3 Å². The number of hydrogen-bond acceptors (Lipinski definition) is 5. The highest BCUT2D eigenvalue weighted by molar-refractivity contribution is 5.92. The van der Waals surface area contributed by atoms with Crippen molar-refractivity contribution in [2.45, 2.75) is 43.8 Å². The van der Waals surface area contributed by atoms with Crippen LogP contribution in [0, 0.1) is 0 Å². The van der Waals surface area contributed by atoms with E-state index in [1.807, 2.05) is 36.4 Å². The van der Waals surface area contributed by atoms with Crippen molar-refractivity contribution in [3.63, 3.8) is 0 Å². The maximum absolute atomic E-state index is 12.9. The van der Waals surface area contributed by atoms with Crippen molar-refractivity contribution < 1.29 is 24.3 Å². The van der Waals surface area contributed by atoms with Crippen LogP contribution in [0.2, 0.25) is 0 Å². The number of benzene rings is 2. The zero-order valence-electron chi connectivity index (χ0n) is 18.8. The van der Waals surface area contributed by atoms with Crippen molar-refractivity contribution in [2.75, 3.05) is 13.1 Å². The largest absolute Gasteiger partial charge is 0.480 e. The maximum Gasteiger partial charge on any atom is 0.326 e. The van der Waals surface area contributed by atoms with Gasteiger partial charge >= 0.3 is 5.97 Å². The van der Waals surface area contributed by atoms with Gasteiger partial charge in [-0.1, -0.05) is 60.7 Å². The topological polar surface area (TPSA) is 137 Å². The molecule has 0 bridgehead atoms. The summed E-state index contributed by atoms with van der Waals surface area (Å²) < 4.78 is 0. The number of nitrogens with one attached hydrogen (secondary N) is 4. The van der Waals surface area contributed by atoms with Crippen molar-refractivity contribution in [2.24, 2.45) is 0 Å². The van der Waals surface area contributed by atoms with Gasteiger partial charge in [0.25, 0.3) is 0 Å². The fourth-order valence-electron chi connectivity index (χ4n) is 3.83. The molecule has 0 spiro atoms. The minimum Gasteiger partial charge on any atom is -0.480 e. The Labute approximate surface area is 198 Å². The average Bonchev–Trinajstić information content (AvgIpc) is 3.38. The molecule has 34 heavy (non-hydrogen) atoms.